The Morgan fingerprint density at radius 1 is 1.29 bits per heavy atom. The normalized spacial score (nSPS) is 29.9. The first kappa shape index (κ1) is 13.3. The molecule has 1 unspecified atom stereocenters. The molecule has 2 fully saturated rings. The molecule has 2 N–H and O–H groups in total. The van der Waals surface area contributed by atoms with Gasteiger partial charge in [-0.25, -0.2) is 4.39 Å². The Morgan fingerprint density at radius 3 is 2.76 bits per heavy atom. The van der Waals surface area contributed by atoms with Crippen molar-refractivity contribution in [1.82, 2.24) is 5.32 Å². The second-order valence-electron chi connectivity index (χ2n) is 7.09. The van der Waals surface area contributed by atoms with Crippen molar-refractivity contribution in [2.75, 3.05) is 11.9 Å². The molecule has 2 heterocycles. The van der Waals surface area contributed by atoms with Crippen LogP contribution in [0.15, 0.2) is 12.1 Å². The highest BCUT2D eigenvalue weighted by Gasteiger charge is 2.52. The Hall–Kier alpha value is -1.42. The zero-order valence-electron chi connectivity index (χ0n) is 12.3. The van der Waals surface area contributed by atoms with Gasteiger partial charge in [-0.05, 0) is 61.8 Å². The lowest BCUT2D eigenvalue weighted by Gasteiger charge is -2.30. The maximum absolute atomic E-state index is 14.4. The first-order chi connectivity index (χ1) is 10.1. The molecule has 1 spiro atoms. The van der Waals surface area contributed by atoms with Gasteiger partial charge in [0.2, 0.25) is 5.91 Å². The first-order valence-electron chi connectivity index (χ1n) is 7.95. The number of halogens is 1. The lowest BCUT2D eigenvalue weighted by molar-refractivity contribution is -0.121. The molecule has 2 aliphatic heterocycles. The van der Waals surface area contributed by atoms with Gasteiger partial charge in [0.1, 0.15) is 5.82 Å². The lowest BCUT2D eigenvalue weighted by atomic mass is 9.86. The molecule has 112 valence electrons. The predicted molar refractivity (Wildman–Crippen MR) is 79.5 cm³/mol. The molecule has 1 aromatic rings. The fourth-order valence-corrected chi connectivity index (χ4v) is 3.70. The summed E-state index contributed by atoms with van der Waals surface area (Å²) in [7, 11) is 0. The van der Waals surface area contributed by atoms with Crippen molar-refractivity contribution in [2.45, 2.75) is 45.1 Å². The highest BCUT2D eigenvalue weighted by atomic mass is 19.1. The molecule has 1 saturated carbocycles. The van der Waals surface area contributed by atoms with Crippen molar-refractivity contribution in [3.63, 3.8) is 0 Å². The molecule has 4 rings (SSSR count). The van der Waals surface area contributed by atoms with Gasteiger partial charge >= 0.3 is 0 Å². The zero-order chi connectivity index (χ0) is 14.6. The molecule has 21 heavy (non-hydrogen) atoms. The number of fused-ring (bicyclic) bond motifs is 1. The van der Waals surface area contributed by atoms with E-state index in [-0.39, 0.29) is 23.2 Å². The average Bonchev–Trinajstić information content (AvgIpc) is 3.22. The van der Waals surface area contributed by atoms with Gasteiger partial charge in [0.25, 0.3) is 0 Å². The molecular weight excluding hydrogens is 267 g/mol. The quantitative estimate of drug-likeness (QED) is 0.833. The van der Waals surface area contributed by atoms with Crippen LogP contribution in [0.3, 0.4) is 0 Å². The van der Waals surface area contributed by atoms with Crippen LogP contribution in [0, 0.1) is 17.2 Å². The largest absolute Gasteiger partial charge is 0.323 e. The summed E-state index contributed by atoms with van der Waals surface area (Å²) in [5.74, 6) is 0.413. The Balaban J connectivity index is 1.66. The van der Waals surface area contributed by atoms with Crippen LogP contribution in [-0.2, 0) is 11.2 Å². The van der Waals surface area contributed by atoms with Crippen molar-refractivity contribution < 1.29 is 9.18 Å². The minimum absolute atomic E-state index is 0.00580. The molecular formula is C17H21FN2O. The third-order valence-electron chi connectivity index (χ3n) is 5.36. The number of amides is 1. The van der Waals surface area contributed by atoms with Crippen LogP contribution in [0.5, 0.6) is 0 Å². The SMILES string of the molecule is C[C@H]1CCC(c2cc(F)c3c(c2)CC2(CC2)C(=O)N3)NC1. The Morgan fingerprint density at radius 2 is 2.10 bits per heavy atom. The lowest BCUT2D eigenvalue weighted by Crippen LogP contribution is -2.34. The van der Waals surface area contributed by atoms with Crippen LogP contribution in [0.1, 0.15) is 49.8 Å². The van der Waals surface area contributed by atoms with Crippen LogP contribution in [0.4, 0.5) is 10.1 Å². The third-order valence-corrected chi connectivity index (χ3v) is 5.36. The number of benzene rings is 1. The maximum Gasteiger partial charge on any atom is 0.231 e. The fourth-order valence-electron chi connectivity index (χ4n) is 3.70. The Bertz CT molecular complexity index is 601. The highest BCUT2D eigenvalue weighted by molar-refractivity contribution is 6.00. The fraction of sp³-hybridized carbons (Fsp3) is 0.588. The summed E-state index contributed by atoms with van der Waals surface area (Å²) in [6.07, 6.45) is 4.79. The van der Waals surface area contributed by atoms with Gasteiger partial charge in [0.15, 0.2) is 0 Å². The van der Waals surface area contributed by atoms with Crippen LogP contribution in [0.25, 0.3) is 0 Å². The van der Waals surface area contributed by atoms with Gasteiger partial charge in [0, 0.05) is 6.04 Å². The smallest absolute Gasteiger partial charge is 0.231 e. The monoisotopic (exact) mass is 288 g/mol. The second kappa shape index (κ2) is 4.54. The molecule has 0 radical (unpaired) electrons. The van der Waals surface area contributed by atoms with Crippen LogP contribution in [0.2, 0.25) is 0 Å². The van der Waals surface area contributed by atoms with E-state index in [4.69, 9.17) is 0 Å². The van der Waals surface area contributed by atoms with Crippen molar-refractivity contribution in [1.29, 1.82) is 0 Å². The molecule has 3 aliphatic rings. The standard InChI is InChI=1S/C17H21FN2O/c1-10-2-3-14(19-9-10)11-6-12-8-17(4-5-17)16(21)20-15(12)13(18)7-11/h6-7,10,14,19H,2-5,8-9H2,1H3,(H,20,21)/t10-,14?/m0/s1. The molecule has 1 aliphatic carbocycles. The van der Waals surface area contributed by atoms with Gasteiger partial charge in [-0.2, -0.15) is 0 Å². The van der Waals surface area contributed by atoms with Gasteiger partial charge in [-0.15, -0.1) is 0 Å². The van der Waals surface area contributed by atoms with Gasteiger partial charge in [0.05, 0.1) is 11.1 Å². The summed E-state index contributed by atoms with van der Waals surface area (Å²) in [5, 5.41) is 6.29. The Labute approximate surface area is 124 Å². The molecule has 1 aromatic carbocycles. The van der Waals surface area contributed by atoms with Gasteiger partial charge in [-0.1, -0.05) is 13.0 Å². The third kappa shape index (κ3) is 2.16. The van der Waals surface area contributed by atoms with E-state index >= 15 is 0 Å². The average molecular weight is 288 g/mol. The van der Waals surface area contributed by atoms with E-state index in [1.165, 1.54) is 6.42 Å². The van der Waals surface area contributed by atoms with E-state index in [1.54, 1.807) is 6.07 Å². The van der Waals surface area contributed by atoms with Gasteiger partial charge in [-0.3, -0.25) is 4.79 Å². The topological polar surface area (TPSA) is 41.1 Å². The van der Waals surface area contributed by atoms with Crippen molar-refractivity contribution in [3.8, 4) is 0 Å². The number of rotatable bonds is 1. The van der Waals surface area contributed by atoms with Crippen LogP contribution >= 0.6 is 0 Å². The molecule has 4 heteroatoms. The molecule has 0 aromatic heterocycles. The minimum Gasteiger partial charge on any atom is -0.323 e. The first-order valence-corrected chi connectivity index (χ1v) is 7.95. The van der Waals surface area contributed by atoms with Crippen molar-refractivity contribution in [3.05, 3.63) is 29.1 Å². The molecule has 0 bridgehead atoms. The van der Waals surface area contributed by atoms with E-state index in [2.05, 4.69) is 23.6 Å². The van der Waals surface area contributed by atoms with E-state index in [1.807, 2.05) is 0 Å². The number of piperidine rings is 1. The summed E-state index contributed by atoms with van der Waals surface area (Å²) in [4.78, 5) is 12.0. The molecule has 1 amide bonds. The number of hydrogen-bond acceptors (Lipinski definition) is 2. The number of nitrogens with one attached hydrogen (secondary N) is 2. The molecule has 2 atom stereocenters. The second-order valence-corrected chi connectivity index (χ2v) is 7.09. The minimum atomic E-state index is -0.285. The molecule has 1 saturated heterocycles. The summed E-state index contributed by atoms with van der Waals surface area (Å²) >= 11 is 0. The van der Waals surface area contributed by atoms with E-state index in [9.17, 15) is 9.18 Å². The summed E-state index contributed by atoms with van der Waals surface area (Å²) in [5.41, 5.74) is 2.19. The van der Waals surface area contributed by atoms with Crippen molar-refractivity contribution in [2.24, 2.45) is 11.3 Å². The maximum atomic E-state index is 14.4. The van der Waals surface area contributed by atoms with Crippen molar-refractivity contribution >= 4 is 11.6 Å². The van der Waals surface area contributed by atoms with E-state index in [0.717, 1.165) is 36.9 Å². The zero-order valence-corrected chi connectivity index (χ0v) is 12.3. The number of hydrogen-bond donors (Lipinski definition) is 2. The number of anilines is 1. The Kier molecular flexibility index (Phi) is 2.86. The summed E-state index contributed by atoms with van der Waals surface area (Å²) < 4.78 is 14.4. The highest BCUT2D eigenvalue weighted by Crippen LogP contribution is 2.53. The van der Waals surface area contributed by atoms with E-state index in [0.29, 0.717) is 18.0 Å². The van der Waals surface area contributed by atoms with E-state index < -0.39 is 0 Å². The van der Waals surface area contributed by atoms with Crippen LogP contribution < -0.4 is 10.6 Å². The molecule has 3 nitrogen and oxygen atoms in total. The number of carbonyl (C=O) groups is 1. The predicted octanol–water partition coefficient (Wildman–Crippen LogP) is 3.16. The number of carbonyl (C=O) groups excluding carboxylic acids is 1. The van der Waals surface area contributed by atoms with Gasteiger partial charge < -0.3 is 10.6 Å². The summed E-state index contributed by atoms with van der Waals surface area (Å²) in [6, 6.07) is 3.94. The van der Waals surface area contributed by atoms with Crippen LogP contribution in [-0.4, -0.2) is 12.5 Å². The summed E-state index contributed by atoms with van der Waals surface area (Å²) in [6.45, 7) is 3.23.